The number of rotatable bonds is 4. The Morgan fingerprint density at radius 1 is 1.26 bits per heavy atom. The first-order chi connectivity index (χ1) is 11.0. The molecule has 3 aromatic rings. The number of pyridine rings is 1. The van der Waals surface area contributed by atoms with E-state index in [2.05, 4.69) is 9.97 Å². The van der Waals surface area contributed by atoms with Crippen LogP contribution in [0.5, 0.6) is 0 Å². The van der Waals surface area contributed by atoms with Gasteiger partial charge in [-0.1, -0.05) is 23.7 Å². The monoisotopic (exact) mass is 344 g/mol. The number of hydrogen-bond donors (Lipinski definition) is 1. The highest BCUT2D eigenvalue weighted by molar-refractivity contribution is 7.15. The first-order valence-corrected chi connectivity index (χ1v) is 8.13. The number of nitrogens with zero attached hydrogens (tertiary/aromatic N) is 2. The third kappa shape index (κ3) is 3.57. The molecule has 23 heavy (non-hydrogen) atoms. The minimum absolute atomic E-state index is 0.0949. The van der Waals surface area contributed by atoms with Crippen molar-refractivity contribution >= 4 is 28.9 Å². The second kappa shape index (κ2) is 6.48. The second-order valence-electron chi connectivity index (χ2n) is 5.05. The molecule has 1 N–H and O–H groups in total. The summed E-state index contributed by atoms with van der Waals surface area (Å²) in [6, 6.07) is 11.3. The number of aryl methyl sites for hydroxylation is 1. The number of carboxylic acid groups (broad SMARTS) is 1. The minimum atomic E-state index is -0.895. The Balaban J connectivity index is 2.16. The van der Waals surface area contributed by atoms with Gasteiger partial charge in [-0.3, -0.25) is 9.78 Å². The number of thiazole rings is 1. The zero-order valence-corrected chi connectivity index (χ0v) is 13.9. The van der Waals surface area contributed by atoms with Crippen molar-refractivity contribution in [2.24, 2.45) is 0 Å². The van der Waals surface area contributed by atoms with Crippen LogP contribution < -0.4 is 0 Å². The molecule has 0 aliphatic rings. The summed E-state index contributed by atoms with van der Waals surface area (Å²) in [5, 5.41) is 10.2. The average molecular weight is 345 g/mol. The minimum Gasteiger partial charge on any atom is -0.481 e. The summed E-state index contributed by atoms with van der Waals surface area (Å²) < 4.78 is 0. The lowest BCUT2D eigenvalue weighted by atomic mass is 10.1. The van der Waals surface area contributed by atoms with E-state index in [-0.39, 0.29) is 6.42 Å². The highest BCUT2D eigenvalue weighted by atomic mass is 35.5. The Morgan fingerprint density at radius 3 is 2.78 bits per heavy atom. The van der Waals surface area contributed by atoms with Gasteiger partial charge < -0.3 is 5.11 Å². The first-order valence-electron chi connectivity index (χ1n) is 6.93. The summed E-state index contributed by atoms with van der Waals surface area (Å²) in [4.78, 5) is 20.7. The van der Waals surface area contributed by atoms with Crippen molar-refractivity contribution in [3.8, 4) is 21.7 Å². The van der Waals surface area contributed by atoms with E-state index in [0.717, 1.165) is 27.4 Å². The van der Waals surface area contributed by atoms with Crippen LogP contribution in [0.4, 0.5) is 0 Å². The lowest BCUT2D eigenvalue weighted by Crippen LogP contribution is -1.99. The molecule has 0 saturated heterocycles. The predicted octanol–water partition coefficient (Wildman–Crippen LogP) is 4.46. The van der Waals surface area contributed by atoms with E-state index in [4.69, 9.17) is 16.7 Å². The molecule has 2 heterocycles. The Hall–Kier alpha value is -2.24. The third-order valence-corrected chi connectivity index (χ3v) is 4.57. The van der Waals surface area contributed by atoms with E-state index < -0.39 is 5.97 Å². The molecular formula is C17H13ClN2O2S. The Labute approximate surface area is 142 Å². The normalized spacial score (nSPS) is 10.7. The molecule has 0 radical (unpaired) electrons. The van der Waals surface area contributed by atoms with Gasteiger partial charge >= 0.3 is 5.97 Å². The molecule has 116 valence electrons. The summed E-state index contributed by atoms with van der Waals surface area (Å²) in [6.07, 6.45) is 1.64. The second-order valence-corrected chi connectivity index (χ2v) is 6.57. The van der Waals surface area contributed by atoms with Gasteiger partial charge in [-0.05, 0) is 36.8 Å². The fraction of sp³-hybridized carbons (Fsp3) is 0.118. The summed E-state index contributed by atoms with van der Waals surface area (Å²) in [6.45, 7) is 1.92. The quantitative estimate of drug-likeness (QED) is 0.758. The molecule has 3 rings (SSSR count). The van der Waals surface area contributed by atoms with Crippen LogP contribution in [0.25, 0.3) is 21.7 Å². The standard InChI is InChI=1S/C17H13ClN2O2S/c1-10-7-12(5-6-19-10)17-16(11-3-2-4-13(18)8-11)20-14(23-17)9-15(21)22/h2-8H,9H2,1H3,(H,21,22). The number of hydrogen-bond acceptors (Lipinski definition) is 4. The van der Waals surface area contributed by atoms with E-state index in [1.54, 1.807) is 12.3 Å². The molecule has 0 aliphatic carbocycles. The van der Waals surface area contributed by atoms with Crippen molar-refractivity contribution < 1.29 is 9.90 Å². The van der Waals surface area contributed by atoms with Gasteiger partial charge in [0.25, 0.3) is 0 Å². The molecule has 0 atom stereocenters. The Kier molecular flexibility index (Phi) is 4.41. The molecule has 0 aliphatic heterocycles. The van der Waals surface area contributed by atoms with E-state index in [0.29, 0.717) is 10.0 Å². The van der Waals surface area contributed by atoms with Crippen LogP contribution in [-0.4, -0.2) is 21.0 Å². The van der Waals surface area contributed by atoms with Crippen molar-refractivity contribution in [1.29, 1.82) is 0 Å². The SMILES string of the molecule is Cc1cc(-c2sc(CC(=O)O)nc2-c2cccc(Cl)c2)ccn1. The first kappa shape index (κ1) is 15.6. The number of aliphatic carboxylic acids is 1. The molecule has 0 fully saturated rings. The van der Waals surface area contributed by atoms with Gasteiger partial charge in [0, 0.05) is 22.5 Å². The highest BCUT2D eigenvalue weighted by Crippen LogP contribution is 2.37. The zero-order chi connectivity index (χ0) is 16.4. The molecule has 2 aromatic heterocycles. The average Bonchev–Trinajstić information content (AvgIpc) is 2.90. The van der Waals surface area contributed by atoms with E-state index >= 15 is 0 Å². The van der Waals surface area contributed by atoms with Gasteiger partial charge in [0.1, 0.15) is 5.01 Å². The summed E-state index contributed by atoms with van der Waals surface area (Å²) in [7, 11) is 0. The van der Waals surface area contributed by atoms with Crippen LogP contribution in [0.3, 0.4) is 0 Å². The topological polar surface area (TPSA) is 63.1 Å². The van der Waals surface area contributed by atoms with Gasteiger partial charge in [-0.15, -0.1) is 11.3 Å². The Morgan fingerprint density at radius 2 is 2.09 bits per heavy atom. The van der Waals surface area contributed by atoms with Crippen molar-refractivity contribution in [2.45, 2.75) is 13.3 Å². The number of benzene rings is 1. The van der Waals surface area contributed by atoms with Crippen LogP contribution in [0.15, 0.2) is 42.6 Å². The van der Waals surface area contributed by atoms with Gasteiger partial charge in [-0.25, -0.2) is 4.98 Å². The van der Waals surface area contributed by atoms with Crippen LogP contribution in [0.2, 0.25) is 5.02 Å². The van der Waals surface area contributed by atoms with E-state index in [1.165, 1.54) is 11.3 Å². The molecule has 0 saturated carbocycles. The van der Waals surface area contributed by atoms with Crippen molar-refractivity contribution in [3.05, 3.63) is 58.3 Å². The highest BCUT2D eigenvalue weighted by Gasteiger charge is 2.17. The molecule has 1 aromatic carbocycles. The van der Waals surface area contributed by atoms with Crippen molar-refractivity contribution in [3.63, 3.8) is 0 Å². The van der Waals surface area contributed by atoms with Crippen LogP contribution in [0, 0.1) is 6.92 Å². The van der Waals surface area contributed by atoms with E-state index in [9.17, 15) is 4.79 Å². The smallest absolute Gasteiger partial charge is 0.310 e. The number of halogens is 1. The van der Waals surface area contributed by atoms with Crippen LogP contribution >= 0.6 is 22.9 Å². The molecule has 0 bridgehead atoms. The molecule has 0 unspecified atom stereocenters. The number of aromatic nitrogens is 2. The summed E-state index contributed by atoms with van der Waals surface area (Å²) in [5.74, 6) is -0.895. The van der Waals surface area contributed by atoms with Gasteiger partial charge in [0.15, 0.2) is 0 Å². The lowest BCUT2D eigenvalue weighted by molar-refractivity contribution is -0.136. The predicted molar refractivity (Wildman–Crippen MR) is 91.9 cm³/mol. The number of carboxylic acids is 1. The van der Waals surface area contributed by atoms with Crippen molar-refractivity contribution in [2.75, 3.05) is 0 Å². The maximum Gasteiger partial charge on any atom is 0.310 e. The fourth-order valence-electron chi connectivity index (χ4n) is 2.28. The maximum atomic E-state index is 11.0. The lowest BCUT2D eigenvalue weighted by Gasteiger charge is -2.04. The van der Waals surface area contributed by atoms with Gasteiger partial charge in [0.2, 0.25) is 0 Å². The largest absolute Gasteiger partial charge is 0.481 e. The third-order valence-electron chi connectivity index (χ3n) is 3.23. The summed E-state index contributed by atoms with van der Waals surface area (Å²) in [5.41, 5.74) is 3.49. The molecule has 0 amide bonds. The van der Waals surface area contributed by atoms with E-state index in [1.807, 2.05) is 37.3 Å². The molecule has 6 heteroatoms. The Bertz CT molecular complexity index is 814. The van der Waals surface area contributed by atoms with Crippen LogP contribution in [-0.2, 0) is 11.2 Å². The maximum absolute atomic E-state index is 11.0. The van der Waals surface area contributed by atoms with Gasteiger partial charge in [-0.2, -0.15) is 0 Å². The summed E-state index contributed by atoms with van der Waals surface area (Å²) >= 11 is 7.47. The molecule has 0 spiro atoms. The zero-order valence-electron chi connectivity index (χ0n) is 12.3. The van der Waals surface area contributed by atoms with Crippen LogP contribution in [0.1, 0.15) is 10.7 Å². The molecular weight excluding hydrogens is 332 g/mol. The molecule has 4 nitrogen and oxygen atoms in total. The van der Waals surface area contributed by atoms with Crippen molar-refractivity contribution in [1.82, 2.24) is 9.97 Å². The fourth-order valence-corrected chi connectivity index (χ4v) is 3.55. The number of carbonyl (C=O) groups is 1. The van der Waals surface area contributed by atoms with Gasteiger partial charge in [0.05, 0.1) is 17.0 Å².